The number of ether oxygens (including phenoxy) is 8. The van der Waals surface area contributed by atoms with Crippen molar-refractivity contribution in [2.45, 2.75) is 97.4 Å². The maximum atomic E-state index is 11.4. The number of phenolic OH excluding ortho intramolecular Hbond substituents is 2. The van der Waals surface area contributed by atoms with Crippen molar-refractivity contribution in [3.05, 3.63) is 152 Å². The Morgan fingerprint density at radius 3 is 1.24 bits per heavy atom. The summed E-state index contributed by atoms with van der Waals surface area (Å²) in [5.41, 5.74) is 9.52. The van der Waals surface area contributed by atoms with E-state index in [4.69, 9.17) is 37.9 Å². The molecule has 0 aromatic heterocycles. The van der Waals surface area contributed by atoms with Gasteiger partial charge in [0.25, 0.3) is 0 Å². The third-order valence-corrected chi connectivity index (χ3v) is 12.3. The highest BCUT2D eigenvalue weighted by Crippen LogP contribution is 2.45. The number of rotatable bonds is 24. The zero-order valence-electron chi connectivity index (χ0n) is 39.2. The van der Waals surface area contributed by atoms with Crippen LogP contribution >= 0.6 is 0 Å². The van der Waals surface area contributed by atoms with E-state index in [9.17, 15) is 10.2 Å². The van der Waals surface area contributed by atoms with Gasteiger partial charge >= 0.3 is 0 Å². The lowest BCUT2D eigenvalue weighted by molar-refractivity contribution is 0.163. The van der Waals surface area contributed by atoms with Crippen molar-refractivity contribution in [3.63, 3.8) is 0 Å². The van der Waals surface area contributed by atoms with Crippen molar-refractivity contribution < 1.29 is 48.1 Å². The average Bonchev–Trinajstić information content (AvgIpc) is 3.28. The minimum absolute atomic E-state index is 0.147. The maximum absolute atomic E-state index is 11.4. The molecule has 0 saturated carbocycles. The first-order valence-corrected chi connectivity index (χ1v) is 21.6. The molecule has 0 bridgehead atoms. The third kappa shape index (κ3) is 11.2. The van der Waals surface area contributed by atoms with E-state index >= 15 is 0 Å². The molecule has 0 radical (unpaired) electrons. The minimum atomic E-state index is -0.786. The van der Waals surface area contributed by atoms with E-state index in [0.717, 1.165) is 51.1 Å². The first-order valence-electron chi connectivity index (χ1n) is 21.6. The van der Waals surface area contributed by atoms with Gasteiger partial charge in [-0.3, -0.25) is 0 Å². The molecular formula is C53H68O10. The van der Waals surface area contributed by atoms with Crippen LogP contribution in [0.4, 0.5) is 0 Å². The zero-order chi connectivity index (χ0) is 45.7. The summed E-state index contributed by atoms with van der Waals surface area (Å²) in [5.74, 6) is 2.32. The lowest BCUT2D eigenvalue weighted by atomic mass is 9.68. The molecule has 2 unspecified atom stereocenters. The molecule has 0 heterocycles. The Kier molecular flexibility index (Phi) is 17.6. The van der Waals surface area contributed by atoms with Crippen molar-refractivity contribution in [2.24, 2.45) is 0 Å². The molecule has 0 aliphatic heterocycles. The maximum Gasteiger partial charge on any atom is 0.130 e. The van der Waals surface area contributed by atoms with E-state index in [1.54, 1.807) is 42.7 Å². The van der Waals surface area contributed by atoms with Crippen LogP contribution in [0.5, 0.6) is 23.0 Å². The largest absolute Gasteiger partial charge is 0.507 e. The van der Waals surface area contributed by atoms with Gasteiger partial charge < -0.3 is 48.1 Å². The first-order chi connectivity index (χ1) is 30.3. The molecule has 0 fully saturated rings. The van der Waals surface area contributed by atoms with Gasteiger partial charge in [0.2, 0.25) is 0 Å². The van der Waals surface area contributed by atoms with Crippen LogP contribution in [0.2, 0.25) is 0 Å². The molecule has 340 valence electrons. The number of aromatic hydroxyl groups is 2. The molecule has 2 atom stereocenters. The van der Waals surface area contributed by atoms with E-state index < -0.39 is 10.8 Å². The van der Waals surface area contributed by atoms with Gasteiger partial charge in [0, 0.05) is 86.9 Å². The lowest BCUT2D eigenvalue weighted by Gasteiger charge is -2.35. The summed E-state index contributed by atoms with van der Waals surface area (Å²) in [5, 5.41) is 22.4. The molecule has 0 spiro atoms. The second kappa shape index (κ2) is 22.6. The SMILES string of the molecule is CCC(C)c1ccc(OCCOc2c(COC)cc(C(C)(c3ccc(C(C)(C)c4cc(COC)c(O)c(COC)c4)cc3)c3cc(COC)c(O)c(COC)c3)cc2COC)cc1. The standard InChI is InChI=1S/C53H68O10/c1-12-35(2)36-13-19-48(20-14-36)62-21-22-63-51-41(33-60-10)27-47(28-42(51)34-61-11)53(5,46-25-39(31-58-8)50(55)40(26-46)32-59-9)44-17-15-43(16-18-44)52(3,4)45-23-37(29-56-6)49(54)38(24-45)30-57-7/h13-20,23-28,35,54-55H,12,21-22,29-34H2,1-11H3. The van der Waals surface area contributed by atoms with Crippen molar-refractivity contribution in [1.29, 1.82) is 0 Å². The monoisotopic (exact) mass is 864 g/mol. The smallest absolute Gasteiger partial charge is 0.130 e. The van der Waals surface area contributed by atoms with Crippen LogP contribution in [-0.4, -0.2) is 66.1 Å². The molecule has 5 rings (SSSR count). The van der Waals surface area contributed by atoms with Crippen LogP contribution in [0.1, 0.15) is 114 Å². The molecule has 0 amide bonds. The molecule has 0 saturated heterocycles. The van der Waals surface area contributed by atoms with Gasteiger partial charge in [-0.1, -0.05) is 64.1 Å². The molecule has 10 heteroatoms. The van der Waals surface area contributed by atoms with Crippen molar-refractivity contribution >= 4 is 0 Å². The second-order valence-electron chi connectivity index (χ2n) is 16.9. The number of hydrogen-bond acceptors (Lipinski definition) is 10. The van der Waals surface area contributed by atoms with Crippen molar-refractivity contribution in [2.75, 3.05) is 55.9 Å². The highest BCUT2D eigenvalue weighted by molar-refractivity contribution is 5.59. The van der Waals surface area contributed by atoms with Gasteiger partial charge in [0.15, 0.2) is 0 Å². The predicted octanol–water partition coefficient (Wildman–Crippen LogP) is 10.6. The highest BCUT2D eigenvalue weighted by atomic mass is 16.5. The van der Waals surface area contributed by atoms with Crippen LogP contribution in [0.3, 0.4) is 0 Å². The molecule has 2 N–H and O–H groups in total. The van der Waals surface area contributed by atoms with Crippen LogP contribution in [-0.2, 0) is 78.9 Å². The topological polar surface area (TPSA) is 114 Å². The van der Waals surface area contributed by atoms with Crippen LogP contribution in [0.25, 0.3) is 0 Å². The second-order valence-corrected chi connectivity index (χ2v) is 16.9. The molecule has 5 aromatic carbocycles. The Morgan fingerprint density at radius 2 is 0.825 bits per heavy atom. The van der Waals surface area contributed by atoms with E-state index in [1.807, 2.05) is 36.4 Å². The van der Waals surface area contributed by atoms with E-state index in [-0.39, 0.29) is 37.9 Å². The normalized spacial score (nSPS) is 13.2. The Labute approximate surface area is 375 Å². The van der Waals surface area contributed by atoms with Gasteiger partial charge in [0.05, 0.1) is 39.6 Å². The number of phenols is 2. The van der Waals surface area contributed by atoms with Crippen molar-refractivity contribution in [3.8, 4) is 23.0 Å². The molecule has 10 nitrogen and oxygen atoms in total. The fourth-order valence-corrected chi connectivity index (χ4v) is 8.30. The van der Waals surface area contributed by atoms with E-state index in [0.29, 0.717) is 60.3 Å². The average molecular weight is 865 g/mol. The van der Waals surface area contributed by atoms with Crippen molar-refractivity contribution in [1.82, 2.24) is 0 Å². The van der Waals surface area contributed by atoms with E-state index in [1.165, 1.54) is 5.56 Å². The van der Waals surface area contributed by atoms with Crippen LogP contribution in [0.15, 0.2) is 84.9 Å². The number of hydrogen-bond donors (Lipinski definition) is 2. The summed E-state index contributed by atoms with van der Waals surface area (Å²) in [4.78, 5) is 0. The molecule has 63 heavy (non-hydrogen) atoms. The quantitative estimate of drug-likeness (QED) is 0.0459. The number of benzene rings is 5. The zero-order valence-corrected chi connectivity index (χ0v) is 39.2. The van der Waals surface area contributed by atoms with Gasteiger partial charge in [-0.05, 0) is 101 Å². The summed E-state index contributed by atoms with van der Waals surface area (Å²) in [7, 11) is 9.83. The molecule has 0 aliphatic rings. The molecular weight excluding hydrogens is 797 g/mol. The Hall–Kier alpha value is -4.94. The Bertz CT molecular complexity index is 2150. The molecule has 0 aliphatic carbocycles. The van der Waals surface area contributed by atoms with Gasteiger partial charge in [-0.25, -0.2) is 0 Å². The Morgan fingerprint density at radius 1 is 0.460 bits per heavy atom. The summed E-state index contributed by atoms with van der Waals surface area (Å²) in [6, 6.07) is 29.3. The van der Waals surface area contributed by atoms with Crippen LogP contribution in [0, 0.1) is 0 Å². The molecule has 5 aromatic rings. The summed E-state index contributed by atoms with van der Waals surface area (Å²) in [6.07, 6.45) is 1.08. The minimum Gasteiger partial charge on any atom is -0.507 e. The van der Waals surface area contributed by atoms with Gasteiger partial charge in [-0.15, -0.1) is 0 Å². The predicted molar refractivity (Wildman–Crippen MR) is 247 cm³/mol. The van der Waals surface area contributed by atoms with Crippen LogP contribution < -0.4 is 9.47 Å². The van der Waals surface area contributed by atoms with Gasteiger partial charge in [-0.2, -0.15) is 0 Å². The number of methoxy groups -OCH3 is 6. The summed E-state index contributed by atoms with van der Waals surface area (Å²) < 4.78 is 46.4. The van der Waals surface area contributed by atoms with Gasteiger partial charge in [0.1, 0.15) is 36.2 Å². The first kappa shape index (κ1) is 49.1. The lowest BCUT2D eigenvalue weighted by Crippen LogP contribution is -2.27. The summed E-state index contributed by atoms with van der Waals surface area (Å²) in [6.45, 7) is 13.2. The fourth-order valence-electron chi connectivity index (χ4n) is 8.30. The Balaban J connectivity index is 1.62. The summed E-state index contributed by atoms with van der Waals surface area (Å²) >= 11 is 0. The fraction of sp³-hybridized carbons (Fsp3) is 0.434. The van der Waals surface area contributed by atoms with E-state index in [2.05, 4.69) is 83.1 Å². The third-order valence-electron chi connectivity index (χ3n) is 12.3. The highest BCUT2D eigenvalue weighted by Gasteiger charge is 2.35.